The molecule has 0 spiro atoms. The third-order valence-corrected chi connectivity index (χ3v) is 10.1. The lowest BCUT2D eigenvalue weighted by Gasteiger charge is -2.36. The number of anilines is 2. The minimum atomic E-state index is -4.06. The van der Waals surface area contributed by atoms with Crippen molar-refractivity contribution in [3.05, 3.63) is 123 Å². The number of amides is 2. The molecule has 4 aromatic carbocycles. The van der Waals surface area contributed by atoms with Gasteiger partial charge in [-0.05, 0) is 67.4 Å². The number of nitrogens with zero attached hydrogens (tertiary/aromatic N) is 4. The number of nitro benzene ring substituents is 1. The molecule has 1 fully saturated rings. The highest BCUT2D eigenvalue weighted by molar-refractivity contribution is 7.91. The van der Waals surface area contributed by atoms with E-state index < -0.39 is 20.7 Å². The van der Waals surface area contributed by atoms with Crippen LogP contribution in [0.25, 0.3) is 0 Å². The summed E-state index contributed by atoms with van der Waals surface area (Å²) in [7, 11) is -4.06. The first kappa shape index (κ1) is 29.1. The molecule has 0 unspecified atom stereocenters. The zero-order valence-corrected chi connectivity index (χ0v) is 25.1. The first-order valence-corrected chi connectivity index (χ1v) is 15.7. The fourth-order valence-electron chi connectivity index (χ4n) is 5.77. The number of piperazine rings is 1. The molecule has 2 amide bonds. The minimum Gasteiger partial charge on any atom is -0.368 e. The summed E-state index contributed by atoms with van der Waals surface area (Å²) in [6.07, 6.45) is 0. The molecule has 10 nitrogen and oxygen atoms in total. The van der Waals surface area contributed by atoms with E-state index in [1.165, 1.54) is 47.4 Å². The van der Waals surface area contributed by atoms with Crippen molar-refractivity contribution in [1.82, 2.24) is 4.90 Å². The third kappa shape index (κ3) is 5.19. The van der Waals surface area contributed by atoms with Crippen LogP contribution in [0.3, 0.4) is 0 Å². The smallest absolute Gasteiger partial charge is 0.269 e. The first-order chi connectivity index (χ1) is 21.0. The average Bonchev–Trinajstić information content (AvgIpc) is 3.10. The second-order valence-electron chi connectivity index (χ2n) is 11.1. The zero-order valence-electron chi connectivity index (χ0n) is 24.3. The molecule has 0 aliphatic carbocycles. The molecule has 2 aliphatic heterocycles. The number of fused-ring (bicyclic) bond motifs is 2. The van der Waals surface area contributed by atoms with Gasteiger partial charge in [0.15, 0.2) is 0 Å². The Hall–Kier alpha value is -5.03. The van der Waals surface area contributed by atoms with Crippen LogP contribution in [0.5, 0.6) is 0 Å². The Morgan fingerprint density at radius 2 is 1.57 bits per heavy atom. The summed E-state index contributed by atoms with van der Waals surface area (Å²) in [5, 5.41) is 11.0. The topological polar surface area (TPSA) is 121 Å². The molecule has 11 heteroatoms. The molecule has 6 rings (SSSR count). The van der Waals surface area contributed by atoms with Crippen LogP contribution in [0.2, 0.25) is 0 Å². The van der Waals surface area contributed by atoms with Gasteiger partial charge in [-0.3, -0.25) is 19.7 Å². The Bertz CT molecular complexity index is 1920. The van der Waals surface area contributed by atoms with E-state index in [0.29, 0.717) is 26.2 Å². The van der Waals surface area contributed by atoms with Crippen molar-refractivity contribution >= 4 is 38.7 Å². The molecular weight excluding hydrogens is 580 g/mol. The number of carbonyl (C=O) groups excluding carboxylic acids is 2. The molecule has 0 N–H and O–H groups in total. The summed E-state index contributed by atoms with van der Waals surface area (Å²) in [5.74, 6) is -0.723. The predicted octanol–water partition coefficient (Wildman–Crippen LogP) is 5.17. The molecule has 4 aromatic rings. The predicted molar refractivity (Wildman–Crippen MR) is 166 cm³/mol. The lowest BCUT2D eigenvalue weighted by atomic mass is 10.0. The lowest BCUT2D eigenvalue weighted by Crippen LogP contribution is -2.48. The Morgan fingerprint density at radius 3 is 2.27 bits per heavy atom. The average molecular weight is 611 g/mol. The highest BCUT2D eigenvalue weighted by Crippen LogP contribution is 2.38. The molecule has 0 atom stereocenters. The standard InChI is InChI=1S/C33H30N4O6S/c1-22-7-8-23(2)25(19-22)21-36-29-20-24(9-14-31(29)44(42,43)30-6-4-3-5-28(30)33(36)39)32(38)35-17-15-34(16-18-35)26-10-12-27(13-11-26)37(40)41/h3-14,19-20H,15-18,21H2,1-2H3. The van der Waals surface area contributed by atoms with E-state index in [1.807, 2.05) is 32.0 Å². The fraction of sp³-hybridized carbons (Fsp3) is 0.212. The number of hydrogen-bond donors (Lipinski definition) is 0. The summed E-state index contributed by atoms with van der Waals surface area (Å²) in [6.45, 7) is 5.89. The summed E-state index contributed by atoms with van der Waals surface area (Å²) in [5.41, 5.74) is 4.24. The Balaban J connectivity index is 1.33. The van der Waals surface area contributed by atoms with E-state index in [0.717, 1.165) is 22.4 Å². The number of carbonyl (C=O) groups is 2. The largest absolute Gasteiger partial charge is 0.368 e. The molecule has 2 aliphatic rings. The van der Waals surface area contributed by atoms with Gasteiger partial charge in [0, 0.05) is 49.6 Å². The van der Waals surface area contributed by atoms with Crippen LogP contribution in [-0.4, -0.2) is 56.2 Å². The second kappa shape index (κ2) is 11.2. The van der Waals surface area contributed by atoms with Crippen LogP contribution in [0.1, 0.15) is 37.4 Å². The zero-order chi connectivity index (χ0) is 31.2. The van der Waals surface area contributed by atoms with E-state index in [4.69, 9.17) is 0 Å². The van der Waals surface area contributed by atoms with Crippen molar-refractivity contribution in [1.29, 1.82) is 0 Å². The van der Waals surface area contributed by atoms with E-state index in [-0.39, 0.29) is 44.7 Å². The van der Waals surface area contributed by atoms with E-state index in [2.05, 4.69) is 4.90 Å². The molecule has 44 heavy (non-hydrogen) atoms. The number of benzene rings is 4. The lowest BCUT2D eigenvalue weighted by molar-refractivity contribution is -0.384. The van der Waals surface area contributed by atoms with Crippen molar-refractivity contribution in [3.8, 4) is 0 Å². The van der Waals surface area contributed by atoms with Crippen molar-refractivity contribution in [3.63, 3.8) is 0 Å². The van der Waals surface area contributed by atoms with Gasteiger partial charge >= 0.3 is 0 Å². The van der Waals surface area contributed by atoms with Crippen LogP contribution >= 0.6 is 0 Å². The van der Waals surface area contributed by atoms with Crippen molar-refractivity contribution in [2.75, 3.05) is 36.0 Å². The van der Waals surface area contributed by atoms with Gasteiger partial charge < -0.3 is 14.7 Å². The second-order valence-corrected chi connectivity index (χ2v) is 12.9. The minimum absolute atomic E-state index is 0.0148. The maximum atomic E-state index is 14.0. The quantitative estimate of drug-likeness (QED) is 0.226. The maximum Gasteiger partial charge on any atom is 0.269 e. The summed E-state index contributed by atoms with van der Waals surface area (Å²) >= 11 is 0. The number of non-ortho nitro benzene ring substituents is 1. The van der Waals surface area contributed by atoms with E-state index >= 15 is 0 Å². The molecule has 0 saturated carbocycles. The van der Waals surface area contributed by atoms with Gasteiger partial charge in [-0.2, -0.15) is 0 Å². The van der Waals surface area contributed by atoms with Crippen LogP contribution in [0, 0.1) is 24.0 Å². The van der Waals surface area contributed by atoms with Gasteiger partial charge in [0.1, 0.15) is 0 Å². The van der Waals surface area contributed by atoms with Gasteiger partial charge in [-0.15, -0.1) is 0 Å². The number of sulfone groups is 1. The monoisotopic (exact) mass is 610 g/mol. The number of hydrogen-bond acceptors (Lipinski definition) is 7. The van der Waals surface area contributed by atoms with Crippen molar-refractivity contribution < 1.29 is 22.9 Å². The van der Waals surface area contributed by atoms with E-state index in [1.54, 1.807) is 29.2 Å². The normalized spacial score (nSPS) is 15.8. The van der Waals surface area contributed by atoms with Crippen molar-refractivity contribution in [2.24, 2.45) is 0 Å². The number of nitro groups is 1. The van der Waals surface area contributed by atoms with E-state index in [9.17, 15) is 28.1 Å². The Labute approximate surface area is 255 Å². The highest BCUT2D eigenvalue weighted by Gasteiger charge is 2.36. The summed E-state index contributed by atoms with van der Waals surface area (Å²) < 4.78 is 27.7. The summed E-state index contributed by atoms with van der Waals surface area (Å²) in [6, 6.07) is 22.9. The Kier molecular flexibility index (Phi) is 7.42. The van der Waals surface area contributed by atoms with Crippen LogP contribution in [-0.2, 0) is 16.4 Å². The molecule has 2 heterocycles. The molecule has 0 aromatic heterocycles. The van der Waals surface area contributed by atoms with Crippen LogP contribution in [0.15, 0.2) is 94.7 Å². The van der Waals surface area contributed by atoms with Gasteiger partial charge in [0.25, 0.3) is 17.5 Å². The maximum absolute atomic E-state index is 14.0. The molecule has 224 valence electrons. The third-order valence-electron chi connectivity index (χ3n) is 8.26. The van der Waals surface area contributed by atoms with Gasteiger partial charge in [-0.25, -0.2) is 8.42 Å². The first-order valence-electron chi connectivity index (χ1n) is 14.2. The van der Waals surface area contributed by atoms with Gasteiger partial charge in [0.2, 0.25) is 9.84 Å². The highest BCUT2D eigenvalue weighted by atomic mass is 32.2. The summed E-state index contributed by atoms with van der Waals surface area (Å²) in [4.78, 5) is 43.4. The van der Waals surface area contributed by atoms with Crippen LogP contribution < -0.4 is 9.80 Å². The van der Waals surface area contributed by atoms with Gasteiger partial charge in [-0.1, -0.05) is 35.9 Å². The van der Waals surface area contributed by atoms with Crippen LogP contribution in [0.4, 0.5) is 17.1 Å². The SMILES string of the molecule is Cc1ccc(C)c(CN2C(=O)c3ccccc3S(=O)(=O)c3ccc(C(=O)N4CCN(c5ccc([N+](=O)[O-])cc5)CC4)cc32)c1. The number of rotatable bonds is 5. The van der Waals surface area contributed by atoms with Crippen molar-refractivity contribution in [2.45, 2.75) is 30.2 Å². The molecular formula is C33H30N4O6S. The molecule has 0 radical (unpaired) electrons. The Morgan fingerprint density at radius 1 is 0.864 bits per heavy atom. The van der Waals surface area contributed by atoms with Gasteiger partial charge in [0.05, 0.1) is 32.5 Å². The molecule has 0 bridgehead atoms. The molecule has 1 saturated heterocycles. The fourth-order valence-corrected chi connectivity index (χ4v) is 7.40. The number of aryl methyl sites for hydroxylation is 2.